The van der Waals surface area contributed by atoms with E-state index < -0.39 is 23.0 Å². The van der Waals surface area contributed by atoms with Crippen LogP contribution in [0, 0.1) is 18.6 Å². The van der Waals surface area contributed by atoms with Gasteiger partial charge in [0.2, 0.25) is 5.78 Å². The number of carbonyl (C=O) groups is 1. The van der Waals surface area contributed by atoms with E-state index >= 15 is 0 Å². The average molecular weight is 233 g/mol. The number of hydrogen-bond acceptors (Lipinski definition) is 2. The molecule has 0 atom stereocenters. The topological polar surface area (TPSA) is 30.0 Å². The van der Waals surface area contributed by atoms with Gasteiger partial charge in [-0.05, 0) is 31.2 Å². The average Bonchev–Trinajstić information content (AvgIpc) is 2.29. The lowest BCUT2D eigenvalue weighted by Gasteiger charge is -2.05. The molecule has 2 aromatic rings. The Labute approximate surface area is 96.9 Å². The minimum Gasteiger partial charge on any atom is -0.288 e. The first-order valence-electron chi connectivity index (χ1n) is 5.01. The minimum absolute atomic E-state index is 0.205. The number of pyridine rings is 1. The number of halogens is 2. The van der Waals surface area contributed by atoms with Gasteiger partial charge in [-0.3, -0.25) is 9.78 Å². The van der Waals surface area contributed by atoms with E-state index in [9.17, 15) is 13.6 Å². The molecule has 0 bridgehead atoms. The fourth-order valence-corrected chi connectivity index (χ4v) is 1.57. The molecule has 0 fully saturated rings. The summed E-state index contributed by atoms with van der Waals surface area (Å²) in [6.45, 7) is 1.62. The summed E-state index contributed by atoms with van der Waals surface area (Å²) in [5.74, 6) is -2.41. The van der Waals surface area contributed by atoms with Crippen molar-refractivity contribution < 1.29 is 13.6 Å². The highest BCUT2D eigenvalue weighted by atomic mass is 19.1. The Morgan fingerprint density at radius 3 is 2.35 bits per heavy atom. The van der Waals surface area contributed by atoms with Crippen LogP contribution in [0.25, 0.3) is 0 Å². The van der Waals surface area contributed by atoms with Crippen LogP contribution < -0.4 is 0 Å². The Morgan fingerprint density at radius 1 is 1.12 bits per heavy atom. The quantitative estimate of drug-likeness (QED) is 0.746. The highest BCUT2D eigenvalue weighted by Gasteiger charge is 2.20. The molecule has 86 valence electrons. The second-order valence-electron chi connectivity index (χ2n) is 3.56. The lowest BCUT2D eigenvalue weighted by molar-refractivity contribution is 0.103. The van der Waals surface area contributed by atoms with Crippen LogP contribution in [-0.2, 0) is 0 Å². The van der Waals surface area contributed by atoms with Crippen LogP contribution in [-0.4, -0.2) is 10.8 Å². The van der Waals surface area contributed by atoms with Gasteiger partial charge < -0.3 is 0 Å². The van der Waals surface area contributed by atoms with Crippen molar-refractivity contribution >= 4 is 5.78 Å². The van der Waals surface area contributed by atoms with Gasteiger partial charge in [0, 0.05) is 17.5 Å². The Bertz CT molecular complexity index is 561. The Kier molecular flexibility index (Phi) is 2.95. The van der Waals surface area contributed by atoms with Gasteiger partial charge in [-0.1, -0.05) is 6.07 Å². The summed E-state index contributed by atoms with van der Waals surface area (Å²) in [7, 11) is 0. The van der Waals surface area contributed by atoms with Gasteiger partial charge in [0.15, 0.2) is 0 Å². The zero-order valence-corrected chi connectivity index (χ0v) is 9.08. The van der Waals surface area contributed by atoms with Crippen molar-refractivity contribution in [2.45, 2.75) is 6.92 Å². The van der Waals surface area contributed by atoms with E-state index in [2.05, 4.69) is 4.98 Å². The Morgan fingerprint density at radius 2 is 1.76 bits per heavy atom. The molecule has 0 saturated heterocycles. The molecular formula is C13H9F2NO. The van der Waals surface area contributed by atoms with Crippen molar-refractivity contribution in [2.24, 2.45) is 0 Å². The number of ketones is 1. The summed E-state index contributed by atoms with van der Waals surface area (Å²) < 4.78 is 26.9. The molecule has 17 heavy (non-hydrogen) atoms. The maximum atomic E-state index is 13.4. The molecule has 0 aliphatic carbocycles. The number of aromatic nitrogens is 1. The molecule has 0 spiro atoms. The van der Waals surface area contributed by atoms with E-state index in [0.717, 1.165) is 12.1 Å². The van der Waals surface area contributed by atoms with Crippen molar-refractivity contribution in [2.75, 3.05) is 0 Å². The number of rotatable bonds is 2. The minimum atomic E-state index is -0.863. The third kappa shape index (κ3) is 2.06. The van der Waals surface area contributed by atoms with Crippen LogP contribution in [0.1, 0.15) is 21.6 Å². The standard InChI is InChI=1S/C13H9F2NO/c1-8-9(4-3-7-16-8)13(17)12-10(14)5-2-6-11(12)15/h2-7H,1H3. The van der Waals surface area contributed by atoms with Gasteiger partial charge in [0.05, 0.1) is 5.56 Å². The molecular weight excluding hydrogens is 224 g/mol. The van der Waals surface area contributed by atoms with Crippen LogP contribution in [0.15, 0.2) is 36.5 Å². The van der Waals surface area contributed by atoms with Crippen molar-refractivity contribution in [1.29, 1.82) is 0 Å². The van der Waals surface area contributed by atoms with Gasteiger partial charge >= 0.3 is 0 Å². The number of nitrogens with zero attached hydrogens (tertiary/aromatic N) is 1. The lowest BCUT2D eigenvalue weighted by Crippen LogP contribution is -2.09. The maximum Gasteiger partial charge on any atom is 0.200 e. The molecule has 0 N–H and O–H groups in total. The number of benzene rings is 1. The smallest absolute Gasteiger partial charge is 0.200 e. The summed E-state index contributed by atoms with van der Waals surface area (Å²) >= 11 is 0. The molecule has 4 heteroatoms. The second kappa shape index (κ2) is 4.41. The zero-order chi connectivity index (χ0) is 12.4. The highest BCUT2D eigenvalue weighted by Crippen LogP contribution is 2.18. The van der Waals surface area contributed by atoms with Gasteiger partial charge in [-0.2, -0.15) is 0 Å². The van der Waals surface area contributed by atoms with Gasteiger partial charge in [0.25, 0.3) is 0 Å². The van der Waals surface area contributed by atoms with Crippen molar-refractivity contribution in [3.05, 3.63) is 65.0 Å². The third-order valence-electron chi connectivity index (χ3n) is 2.44. The lowest BCUT2D eigenvalue weighted by atomic mass is 10.0. The molecule has 0 amide bonds. The SMILES string of the molecule is Cc1ncccc1C(=O)c1c(F)cccc1F. The monoisotopic (exact) mass is 233 g/mol. The van der Waals surface area contributed by atoms with Crippen LogP contribution in [0.3, 0.4) is 0 Å². The molecule has 1 heterocycles. The second-order valence-corrected chi connectivity index (χ2v) is 3.56. The van der Waals surface area contributed by atoms with Crippen molar-refractivity contribution in [1.82, 2.24) is 4.98 Å². The van der Waals surface area contributed by atoms with E-state index in [1.54, 1.807) is 13.0 Å². The molecule has 0 saturated carbocycles. The third-order valence-corrected chi connectivity index (χ3v) is 2.44. The predicted octanol–water partition coefficient (Wildman–Crippen LogP) is 2.90. The summed E-state index contributed by atoms with van der Waals surface area (Å²) in [5.41, 5.74) is 0.111. The Hall–Kier alpha value is -2.10. The number of carbonyl (C=O) groups excluding carboxylic acids is 1. The normalized spacial score (nSPS) is 10.3. The van der Waals surface area contributed by atoms with Crippen molar-refractivity contribution in [3.8, 4) is 0 Å². The molecule has 1 aromatic carbocycles. The van der Waals surface area contributed by atoms with Crippen LogP contribution in [0.4, 0.5) is 8.78 Å². The summed E-state index contributed by atoms with van der Waals surface area (Å²) in [6.07, 6.45) is 1.52. The number of aryl methyl sites for hydroxylation is 1. The molecule has 2 rings (SSSR count). The first-order chi connectivity index (χ1) is 8.11. The van der Waals surface area contributed by atoms with Gasteiger partial charge in [-0.25, -0.2) is 8.78 Å². The summed E-state index contributed by atoms with van der Waals surface area (Å²) in [6, 6.07) is 6.39. The first kappa shape index (κ1) is 11.4. The molecule has 2 nitrogen and oxygen atoms in total. The molecule has 0 aliphatic heterocycles. The molecule has 0 radical (unpaired) electrons. The largest absolute Gasteiger partial charge is 0.288 e. The van der Waals surface area contributed by atoms with Crippen molar-refractivity contribution in [3.63, 3.8) is 0 Å². The maximum absolute atomic E-state index is 13.4. The summed E-state index contributed by atoms with van der Waals surface area (Å²) in [5, 5.41) is 0. The number of hydrogen-bond donors (Lipinski definition) is 0. The van der Waals surface area contributed by atoms with Crippen LogP contribution >= 0.6 is 0 Å². The fraction of sp³-hybridized carbons (Fsp3) is 0.0769. The van der Waals surface area contributed by atoms with E-state index in [1.165, 1.54) is 18.3 Å². The molecule has 0 aliphatic rings. The highest BCUT2D eigenvalue weighted by molar-refractivity contribution is 6.09. The summed E-state index contributed by atoms with van der Waals surface area (Å²) in [4.78, 5) is 15.9. The van der Waals surface area contributed by atoms with E-state index in [0.29, 0.717) is 5.69 Å². The van der Waals surface area contributed by atoms with Crippen LogP contribution in [0.5, 0.6) is 0 Å². The van der Waals surface area contributed by atoms with E-state index in [4.69, 9.17) is 0 Å². The molecule has 0 unspecified atom stereocenters. The van der Waals surface area contributed by atoms with Crippen LogP contribution in [0.2, 0.25) is 0 Å². The van der Waals surface area contributed by atoms with E-state index in [-0.39, 0.29) is 5.56 Å². The van der Waals surface area contributed by atoms with E-state index in [1.807, 2.05) is 0 Å². The zero-order valence-electron chi connectivity index (χ0n) is 9.08. The first-order valence-corrected chi connectivity index (χ1v) is 5.01. The fourth-order valence-electron chi connectivity index (χ4n) is 1.57. The Balaban J connectivity index is 2.56. The van der Waals surface area contributed by atoms with Gasteiger partial charge in [0.1, 0.15) is 11.6 Å². The molecule has 1 aromatic heterocycles. The predicted molar refractivity (Wildman–Crippen MR) is 58.8 cm³/mol. The van der Waals surface area contributed by atoms with Gasteiger partial charge in [-0.15, -0.1) is 0 Å².